The van der Waals surface area contributed by atoms with E-state index in [9.17, 15) is 9.59 Å². The summed E-state index contributed by atoms with van der Waals surface area (Å²) < 4.78 is 4.89. The Bertz CT molecular complexity index is 1040. The summed E-state index contributed by atoms with van der Waals surface area (Å²) in [5.74, 6) is 1.01. The molecule has 0 atom stereocenters. The molecule has 1 heterocycles. The third-order valence-electron chi connectivity index (χ3n) is 4.44. The van der Waals surface area contributed by atoms with Crippen molar-refractivity contribution in [3.63, 3.8) is 0 Å². The summed E-state index contributed by atoms with van der Waals surface area (Å²) >= 11 is 1.25. The molecule has 1 aliphatic rings. The Morgan fingerprint density at radius 3 is 2.54 bits per heavy atom. The quantitative estimate of drug-likeness (QED) is 0.520. The van der Waals surface area contributed by atoms with E-state index in [1.165, 1.54) is 34.0 Å². The highest BCUT2D eigenvalue weighted by Gasteiger charge is 2.18. The number of hydrogen-bond donors (Lipinski definition) is 2. The van der Waals surface area contributed by atoms with Gasteiger partial charge >= 0.3 is 0 Å². The summed E-state index contributed by atoms with van der Waals surface area (Å²) in [6.45, 7) is 1.75. The van der Waals surface area contributed by atoms with E-state index in [1.54, 1.807) is 13.0 Å². The highest BCUT2D eigenvalue weighted by molar-refractivity contribution is 8.00. The number of carbonyl (C=O) groups excluding carboxylic acids is 2. The van der Waals surface area contributed by atoms with Gasteiger partial charge in [0.15, 0.2) is 5.82 Å². The molecule has 0 saturated heterocycles. The molecule has 0 spiro atoms. The van der Waals surface area contributed by atoms with Crippen molar-refractivity contribution in [2.45, 2.75) is 13.3 Å². The zero-order valence-corrected chi connectivity index (χ0v) is 16.1. The van der Waals surface area contributed by atoms with Crippen LogP contribution in [0.15, 0.2) is 53.1 Å². The van der Waals surface area contributed by atoms with Crippen LogP contribution in [0.4, 0.5) is 11.5 Å². The molecule has 0 saturated carbocycles. The number of benzene rings is 2. The van der Waals surface area contributed by atoms with Gasteiger partial charge in [-0.25, -0.2) is 0 Å². The van der Waals surface area contributed by atoms with E-state index in [2.05, 4.69) is 34.0 Å². The summed E-state index contributed by atoms with van der Waals surface area (Å²) in [6, 6.07) is 16.0. The molecule has 2 N–H and O–H groups in total. The first-order valence-corrected chi connectivity index (χ1v) is 10.1. The Balaban J connectivity index is 1.26. The second-order valence-corrected chi connectivity index (χ2v) is 7.60. The maximum atomic E-state index is 12.2. The first-order valence-electron chi connectivity index (χ1n) is 8.90. The number of nitrogens with zero attached hydrogens (tertiary/aromatic N) is 1. The number of nitrogens with one attached hydrogen (secondary N) is 2. The van der Waals surface area contributed by atoms with Gasteiger partial charge in [0.1, 0.15) is 5.76 Å². The molecule has 2 aromatic carbocycles. The lowest BCUT2D eigenvalue weighted by atomic mass is 10.1. The lowest BCUT2D eigenvalue weighted by Gasteiger charge is -2.08. The van der Waals surface area contributed by atoms with Crippen molar-refractivity contribution in [2.75, 3.05) is 22.1 Å². The van der Waals surface area contributed by atoms with Gasteiger partial charge in [0.25, 0.3) is 0 Å². The third kappa shape index (κ3) is 4.09. The largest absolute Gasteiger partial charge is 0.360 e. The molecule has 6 nitrogen and oxygen atoms in total. The number of aryl methyl sites for hydroxylation is 1. The topological polar surface area (TPSA) is 84.2 Å². The summed E-state index contributed by atoms with van der Waals surface area (Å²) in [5.41, 5.74) is 5.79. The molecule has 0 bridgehead atoms. The number of amides is 2. The van der Waals surface area contributed by atoms with E-state index in [1.807, 2.05) is 24.3 Å². The first kappa shape index (κ1) is 18.3. The van der Waals surface area contributed by atoms with Crippen LogP contribution in [0.2, 0.25) is 0 Å². The molecule has 28 heavy (non-hydrogen) atoms. The van der Waals surface area contributed by atoms with E-state index < -0.39 is 0 Å². The lowest BCUT2D eigenvalue weighted by Crippen LogP contribution is -2.18. The number of fused-ring (bicyclic) bond motifs is 3. The summed E-state index contributed by atoms with van der Waals surface area (Å²) in [7, 11) is 0. The van der Waals surface area contributed by atoms with Gasteiger partial charge in [-0.05, 0) is 47.7 Å². The second kappa shape index (κ2) is 7.90. The van der Waals surface area contributed by atoms with Crippen molar-refractivity contribution in [2.24, 2.45) is 0 Å². The minimum Gasteiger partial charge on any atom is -0.360 e. The van der Waals surface area contributed by atoms with Gasteiger partial charge in [-0.15, -0.1) is 11.8 Å². The van der Waals surface area contributed by atoms with E-state index in [0.717, 1.165) is 12.1 Å². The number of carbonyl (C=O) groups is 2. The fourth-order valence-corrected chi connectivity index (χ4v) is 3.88. The monoisotopic (exact) mass is 393 g/mol. The Morgan fingerprint density at radius 2 is 1.75 bits per heavy atom. The maximum absolute atomic E-state index is 12.2. The van der Waals surface area contributed by atoms with Crippen LogP contribution in [0.5, 0.6) is 0 Å². The molecule has 1 aliphatic carbocycles. The van der Waals surface area contributed by atoms with Crippen molar-refractivity contribution in [1.82, 2.24) is 5.16 Å². The van der Waals surface area contributed by atoms with Gasteiger partial charge in [0.2, 0.25) is 11.8 Å². The Hall–Kier alpha value is -3.06. The predicted molar refractivity (Wildman–Crippen MR) is 111 cm³/mol. The van der Waals surface area contributed by atoms with E-state index in [-0.39, 0.29) is 23.3 Å². The number of rotatable bonds is 6. The van der Waals surface area contributed by atoms with Gasteiger partial charge in [-0.1, -0.05) is 35.5 Å². The van der Waals surface area contributed by atoms with Gasteiger partial charge in [-0.3, -0.25) is 9.59 Å². The van der Waals surface area contributed by atoms with E-state index >= 15 is 0 Å². The highest BCUT2D eigenvalue weighted by Crippen LogP contribution is 2.37. The van der Waals surface area contributed by atoms with E-state index in [4.69, 9.17) is 4.52 Å². The summed E-state index contributed by atoms with van der Waals surface area (Å²) in [4.78, 5) is 24.0. The summed E-state index contributed by atoms with van der Waals surface area (Å²) in [5, 5.41) is 9.24. The van der Waals surface area contributed by atoms with Gasteiger partial charge in [0, 0.05) is 11.8 Å². The van der Waals surface area contributed by atoms with E-state index in [0.29, 0.717) is 11.6 Å². The van der Waals surface area contributed by atoms with Crippen LogP contribution >= 0.6 is 11.8 Å². The normalized spacial score (nSPS) is 11.6. The van der Waals surface area contributed by atoms with Gasteiger partial charge in [-0.2, -0.15) is 0 Å². The predicted octanol–water partition coefficient (Wildman–Crippen LogP) is 3.86. The zero-order chi connectivity index (χ0) is 19.5. The van der Waals surface area contributed by atoms with Crippen molar-refractivity contribution in [3.8, 4) is 11.1 Å². The molecule has 3 aromatic rings. The number of anilines is 2. The zero-order valence-electron chi connectivity index (χ0n) is 15.3. The van der Waals surface area contributed by atoms with Crippen LogP contribution < -0.4 is 10.6 Å². The van der Waals surface area contributed by atoms with Crippen LogP contribution in [-0.2, 0) is 16.0 Å². The highest BCUT2D eigenvalue weighted by atomic mass is 32.2. The fraction of sp³-hybridized carbons (Fsp3) is 0.190. The Kier molecular flexibility index (Phi) is 5.16. The van der Waals surface area contributed by atoms with Crippen LogP contribution in [0.1, 0.15) is 16.9 Å². The Morgan fingerprint density at radius 1 is 1.00 bits per heavy atom. The van der Waals surface area contributed by atoms with Crippen molar-refractivity contribution < 1.29 is 14.1 Å². The minimum absolute atomic E-state index is 0.134. The molecular weight excluding hydrogens is 374 g/mol. The SMILES string of the molecule is Cc1cc(NC(=O)CSCC(=O)Nc2ccc3c(c2)Cc2ccccc2-3)no1. The maximum Gasteiger partial charge on any atom is 0.235 e. The number of aromatic nitrogens is 1. The molecule has 7 heteroatoms. The first-order chi connectivity index (χ1) is 13.6. The molecule has 0 fully saturated rings. The second-order valence-electron chi connectivity index (χ2n) is 6.62. The number of thioether (sulfide) groups is 1. The van der Waals surface area contributed by atoms with Gasteiger partial charge < -0.3 is 15.2 Å². The molecule has 4 rings (SSSR count). The molecule has 2 amide bonds. The van der Waals surface area contributed by atoms with Crippen LogP contribution in [0.3, 0.4) is 0 Å². The molecule has 1 aromatic heterocycles. The van der Waals surface area contributed by atoms with Crippen LogP contribution in [0.25, 0.3) is 11.1 Å². The smallest absolute Gasteiger partial charge is 0.235 e. The minimum atomic E-state index is -0.221. The standard InChI is InChI=1S/C21H19N3O3S/c1-13-8-19(24-27-13)23-21(26)12-28-11-20(25)22-16-6-7-18-15(10-16)9-14-4-2-3-5-17(14)18/h2-8,10H,9,11-12H2,1H3,(H,22,25)(H,23,24,26). The molecular formula is C21H19N3O3S. The Labute approximate surface area is 166 Å². The molecule has 142 valence electrons. The average Bonchev–Trinajstić information content (AvgIpc) is 3.24. The third-order valence-corrected chi connectivity index (χ3v) is 5.37. The van der Waals surface area contributed by atoms with Crippen molar-refractivity contribution >= 4 is 35.1 Å². The fourth-order valence-electron chi connectivity index (χ4n) is 3.26. The van der Waals surface area contributed by atoms with Crippen LogP contribution in [0, 0.1) is 6.92 Å². The molecule has 0 aliphatic heterocycles. The summed E-state index contributed by atoms with van der Waals surface area (Å²) in [6.07, 6.45) is 0.881. The molecule has 0 radical (unpaired) electrons. The van der Waals surface area contributed by atoms with Gasteiger partial charge in [0.05, 0.1) is 11.5 Å². The lowest BCUT2D eigenvalue weighted by molar-refractivity contribution is -0.114. The van der Waals surface area contributed by atoms with Crippen LogP contribution in [-0.4, -0.2) is 28.5 Å². The average molecular weight is 393 g/mol. The number of hydrogen-bond acceptors (Lipinski definition) is 5. The molecule has 0 unspecified atom stereocenters. The van der Waals surface area contributed by atoms with Crippen molar-refractivity contribution in [1.29, 1.82) is 0 Å². The van der Waals surface area contributed by atoms with Crippen molar-refractivity contribution in [3.05, 3.63) is 65.4 Å².